The van der Waals surface area contributed by atoms with Crippen LogP contribution in [-0.4, -0.2) is 27.7 Å². The highest BCUT2D eigenvalue weighted by molar-refractivity contribution is 7.89. The zero-order valence-electron chi connectivity index (χ0n) is 12.8. The van der Waals surface area contributed by atoms with E-state index in [4.69, 9.17) is 9.47 Å². The van der Waals surface area contributed by atoms with Crippen molar-refractivity contribution >= 4 is 15.9 Å². The molecule has 2 aromatic rings. The Balaban J connectivity index is 1.98. The Morgan fingerprint density at radius 1 is 1.09 bits per heavy atom. The molecule has 0 aliphatic carbocycles. The van der Waals surface area contributed by atoms with Gasteiger partial charge in [-0.1, -0.05) is 12.1 Å². The van der Waals surface area contributed by atoms with Crippen LogP contribution in [0.25, 0.3) is 0 Å². The van der Waals surface area contributed by atoms with E-state index in [9.17, 15) is 13.2 Å². The Hall–Kier alpha value is -2.54. The second kappa shape index (κ2) is 7.15. The van der Waals surface area contributed by atoms with Crippen LogP contribution in [0.5, 0.6) is 11.5 Å². The highest BCUT2D eigenvalue weighted by Gasteiger charge is 2.10. The molecule has 0 saturated carbocycles. The van der Waals surface area contributed by atoms with Gasteiger partial charge in [0.2, 0.25) is 10.0 Å². The first-order valence-corrected chi connectivity index (χ1v) is 8.64. The summed E-state index contributed by atoms with van der Waals surface area (Å²) in [5.41, 5.74) is 1.19. The van der Waals surface area contributed by atoms with Gasteiger partial charge in [0.25, 0.3) is 5.91 Å². The molecule has 7 heteroatoms. The van der Waals surface area contributed by atoms with Crippen LogP contribution in [0.15, 0.2) is 48.5 Å². The van der Waals surface area contributed by atoms with Gasteiger partial charge in [-0.15, -0.1) is 0 Å². The first kappa shape index (κ1) is 16.8. The average molecular weight is 335 g/mol. The topological polar surface area (TPSA) is 81.7 Å². The van der Waals surface area contributed by atoms with E-state index in [1.54, 1.807) is 19.2 Å². The standard InChI is InChI=1S/C16H17NO5S/c1-21-15-5-3-4-12(10-15)11-22-14-8-6-13(7-9-14)16(18)17-23(2,19)20/h3-10H,11H2,1-2H3,(H,17,18). The Labute approximate surface area is 135 Å². The Bertz CT molecular complexity index is 784. The minimum Gasteiger partial charge on any atom is -0.497 e. The van der Waals surface area contributed by atoms with Crippen molar-refractivity contribution in [1.82, 2.24) is 4.72 Å². The van der Waals surface area contributed by atoms with Gasteiger partial charge in [-0.2, -0.15) is 0 Å². The molecular formula is C16H17NO5S. The number of hydrogen-bond acceptors (Lipinski definition) is 5. The molecule has 122 valence electrons. The average Bonchev–Trinajstić information content (AvgIpc) is 2.52. The van der Waals surface area contributed by atoms with E-state index in [1.807, 2.05) is 29.0 Å². The fraction of sp³-hybridized carbons (Fsp3) is 0.188. The van der Waals surface area contributed by atoms with Crippen LogP contribution in [0.3, 0.4) is 0 Å². The van der Waals surface area contributed by atoms with Crippen LogP contribution in [0.1, 0.15) is 15.9 Å². The van der Waals surface area contributed by atoms with Crippen LogP contribution in [0.2, 0.25) is 0 Å². The van der Waals surface area contributed by atoms with Gasteiger partial charge in [-0.05, 0) is 42.0 Å². The zero-order valence-corrected chi connectivity index (χ0v) is 13.6. The van der Waals surface area contributed by atoms with Crippen LogP contribution in [0, 0.1) is 0 Å². The monoisotopic (exact) mass is 335 g/mol. The van der Waals surface area contributed by atoms with Gasteiger partial charge in [0, 0.05) is 5.56 Å². The van der Waals surface area contributed by atoms with Crippen molar-refractivity contribution in [3.8, 4) is 11.5 Å². The van der Waals surface area contributed by atoms with Crippen molar-refractivity contribution in [2.45, 2.75) is 6.61 Å². The number of methoxy groups -OCH3 is 1. The molecule has 0 aromatic heterocycles. The Morgan fingerprint density at radius 3 is 2.39 bits per heavy atom. The maximum Gasteiger partial charge on any atom is 0.264 e. The predicted octanol–water partition coefficient (Wildman–Crippen LogP) is 1.96. The molecule has 0 aliphatic heterocycles. The van der Waals surface area contributed by atoms with Gasteiger partial charge >= 0.3 is 0 Å². The summed E-state index contributed by atoms with van der Waals surface area (Å²) in [5.74, 6) is 0.648. The number of benzene rings is 2. The Morgan fingerprint density at radius 2 is 1.78 bits per heavy atom. The lowest BCUT2D eigenvalue weighted by Crippen LogP contribution is -2.29. The predicted molar refractivity (Wildman–Crippen MR) is 86.1 cm³/mol. The van der Waals surface area contributed by atoms with Crippen molar-refractivity contribution < 1.29 is 22.7 Å². The summed E-state index contributed by atoms with van der Waals surface area (Å²) in [6.45, 7) is 0.353. The largest absolute Gasteiger partial charge is 0.497 e. The SMILES string of the molecule is COc1cccc(COc2ccc(C(=O)NS(C)(=O)=O)cc2)c1. The molecule has 1 amide bonds. The maximum absolute atomic E-state index is 11.7. The first-order valence-electron chi connectivity index (χ1n) is 6.75. The molecule has 0 aliphatic rings. The van der Waals surface area contributed by atoms with Crippen molar-refractivity contribution in [2.24, 2.45) is 0 Å². The first-order chi connectivity index (χ1) is 10.9. The summed E-state index contributed by atoms with van der Waals surface area (Å²) in [5, 5.41) is 0. The van der Waals surface area contributed by atoms with Crippen LogP contribution in [0.4, 0.5) is 0 Å². The second-order valence-corrected chi connectivity index (χ2v) is 6.62. The maximum atomic E-state index is 11.7. The molecule has 2 rings (SSSR count). The molecule has 0 bridgehead atoms. The van der Waals surface area contributed by atoms with Gasteiger partial charge in [-0.25, -0.2) is 13.1 Å². The van der Waals surface area contributed by atoms with E-state index in [-0.39, 0.29) is 5.56 Å². The number of carbonyl (C=O) groups excluding carboxylic acids is 1. The van der Waals surface area contributed by atoms with Crippen molar-refractivity contribution in [3.63, 3.8) is 0 Å². The van der Waals surface area contributed by atoms with Crippen LogP contribution in [-0.2, 0) is 16.6 Å². The molecule has 0 unspecified atom stereocenters. The fourth-order valence-electron chi connectivity index (χ4n) is 1.86. The molecule has 1 N–H and O–H groups in total. The lowest BCUT2D eigenvalue weighted by Gasteiger charge is -2.08. The second-order valence-electron chi connectivity index (χ2n) is 4.87. The molecule has 0 atom stereocenters. The summed E-state index contributed by atoms with van der Waals surface area (Å²) < 4.78 is 34.7. The quantitative estimate of drug-likeness (QED) is 0.873. The Kier molecular flexibility index (Phi) is 5.23. The third kappa shape index (κ3) is 5.30. The van der Waals surface area contributed by atoms with Crippen molar-refractivity contribution in [1.29, 1.82) is 0 Å². The molecule has 0 fully saturated rings. The van der Waals surface area contributed by atoms with E-state index in [2.05, 4.69) is 0 Å². The lowest BCUT2D eigenvalue weighted by atomic mass is 10.2. The highest BCUT2D eigenvalue weighted by Crippen LogP contribution is 2.17. The highest BCUT2D eigenvalue weighted by atomic mass is 32.2. The number of ether oxygens (including phenoxy) is 2. The van der Waals surface area contributed by atoms with E-state index in [0.29, 0.717) is 12.4 Å². The smallest absolute Gasteiger partial charge is 0.264 e. The molecule has 0 radical (unpaired) electrons. The van der Waals surface area contributed by atoms with E-state index < -0.39 is 15.9 Å². The number of carbonyl (C=O) groups is 1. The van der Waals surface area contributed by atoms with Gasteiger partial charge in [-0.3, -0.25) is 4.79 Å². The van der Waals surface area contributed by atoms with Crippen molar-refractivity contribution in [3.05, 3.63) is 59.7 Å². The molecule has 0 spiro atoms. The molecule has 6 nitrogen and oxygen atoms in total. The molecule has 2 aromatic carbocycles. The van der Waals surface area contributed by atoms with E-state index in [0.717, 1.165) is 17.6 Å². The number of sulfonamides is 1. The zero-order chi connectivity index (χ0) is 16.9. The third-order valence-corrected chi connectivity index (χ3v) is 3.49. The molecule has 23 heavy (non-hydrogen) atoms. The fourth-order valence-corrected chi connectivity index (χ4v) is 2.31. The number of rotatable bonds is 6. The lowest BCUT2D eigenvalue weighted by molar-refractivity contribution is 0.0981. The summed E-state index contributed by atoms with van der Waals surface area (Å²) in [6, 6.07) is 13.7. The van der Waals surface area contributed by atoms with E-state index in [1.165, 1.54) is 12.1 Å². The molecule has 0 heterocycles. The third-order valence-electron chi connectivity index (χ3n) is 2.93. The molecule has 0 saturated heterocycles. The van der Waals surface area contributed by atoms with E-state index >= 15 is 0 Å². The van der Waals surface area contributed by atoms with Crippen LogP contribution >= 0.6 is 0 Å². The van der Waals surface area contributed by atoms with Gasteiger partial charge in [0.05, 0.1) is 13.4 Å². The van der Waals surface area contributed by atoms with Crippen molar-refractivity contribution in [2.75, 3.05) is 13.4 Å². The van der Waals surface area contributed by atoms with Gasteiger partial charge in [0.1, 0.15) is 18.1 Å². The minimum absolute atomic E-state index is 0.240. The van der Waals surface area contributed by atoms with Crippen LogP contribution < -0.4 is 14.2 Å². The summed E-state index contributed by atoms with van der Waals surface area (Å²) in [6.07, 6.45) is 0.927. The van der Waals surface area contributed by atoms with Gasteiger partial charge in [0.15, 0.2) is 0 Å². The summed E-state index contributed by atoms with van der Waals surface area (Å²) >= 11 is 0. The normalized spacial score (nSPS) is 10.9. The summed E-state index contributed by atoms with van der Waals surface area (Å²) in [4.78, 5) is 11.7. The number of hydrogen-bond donors (Lipinski definition) is 1. The summed E-state index contributed by atoms with van der Waals surface area (Å²) in [7, 11) is -1.98. The molecular weight excluding hydrogens is 318 g/mol. The van der Waals surface area contributed by atoms with Gasteiger partial charge < -0.3 is 9.47 Å². The number of nitrogens with one attached hydrogen (secondary N) is 1. The minimum atomic E-state index is -3.58. The number of amides is 1.